The highest BCUT2D eigenvalue weighted by molar-refractivity contribution is 5.39. The zero-order valence-corrected chi connectivity index (χ0v) is 13.8. The molecule has 0 amide bonds. The van der Waals surface area contributed by atoms with Gasteiger partial charge in [-0.25, -0.2) is 9.97 Å². The van der Waals surface area contributed by atoms with Gasteiger partial charge in [-0.2, -0.15) is 0 Å². The van der Waals surface area contributed by atoms with Crippen LogP contribution in [-0.2, 0) is 6.54 Å². The van der Waals surface area contributed by atoms with Gasteiger partial charge in [-0.3, -0.25) is 0 Å². The van der Waals surface area contributed by atoms with E-state index in [9.17, 15) is 0 Å². The Labute approximate surface area is 142 Å². The van der Waals surface area contributed by atoms with Crippen molar-refractivity contribution in [3.05, 3.63) is 78.5 Å². The molecule has 3 heterocycles. The number of nitrogens with zero attached hydrogens (tertiary/aromatic N) is 4. The molecule has 0 spiro atoms. The van der Waals surface area contributed by atoms with Gasteiger partial charge in [0.05, 0.1) is 0 Å². The van der Waals surface area contributed by atoms with Gasteiger partial charge in [-0.1, -0.05) is 36.4 Å². The minimum absolute atomic E-state index is 0.458. The van der Waals surface area contributed by atoms with E-state index in [0.717, 1.165) is 25.5 Å². The fourth-order valence-electron chi connectivity index (χ4n) is 3.53. The molecule has 0 radical (unpaired) electrons. The lowest BCUT2D eigenvalue weighted by molar-refractivity contribution is 0.474. The lowest BCUT2D eigenvalue weighted by Crippen LogP contribution is -2.35. The Balaban J connectivity index is 1.53. The van der Waals surface area contributed by atoms with Crippen LogP contribution in [0.15, 0.2) is 67.1 Å². The number of pyridine rings is 1. The SMILES string of the molecule is c1ccc(Cn2ccnc2[C@H]2CCCN(c3ccccn3)C2)cc1. The van der Waals surface area contributed by atoms with Crippen molar-refractivity contribution in [3.63, 3.8) is 0 Å². The number of piperidine rings is 1. The Hall–Kier alpha value is -2.62. The molecule has 1 fully saturated rings. The van der Waals surface area contributed by atoms with E-state index in [-0.39, 0.29) is 0 Å². The molecule has 1 aliphatic heterocycles. The van der Waals surface area contributed by atoms with E-state index in [2.05, 4.69) is 68.1 Å². The van der Waals surface area contributed by atoms with E-state index in [1.165, 1.54) is 24.2 Å². The Morgan fingerprint density at radius 3 is 2.67 bits per heavy atom. The molecule has 1 saturated heterocycles. The average molecular weight is 318 g/mol. The van der Waals surface area contributed by atoms with E-state index in [1.807, 2.05) is 18.5 Å². The monoisotopic (exact) mass is 318 g/mol. The molecule has 0 unspecified atom stereocenters. The van der Waals surface area contributed by atoms with Gasteiger partial charge < -0.3 is 9.47 Å². The number of anilines is 1. The van der Waals surface area contributed by atoms with Crippen molar-refractivity contribution in [1.29, 1.82) is 0 Å². The lowest BCUT2D eigenvalue weighted by Gasteiger charge is -2.33. The number of benzene rings is 1. The molecule has 4 heteroatoms. The maximum atomic E-state index is 4.68. The number of hydrogen-bond donors (Lipinski definition) is 0. The summed E-state index contributed by atoms with van der Waals surface area (Å²) in [5, 5.41) is 0. The molecule has 4 rings (SSSR count). The third-order valence-corrected chi connectivity index (χ3v) is 4.70. The predicted octanol–water partition coefficient (Wildman–Crippen LogP) is 3.71. The number of hydrogen-bond acceptors (Lipinski definition) is 3. The molecule has 1 aliphatic rings. The summed E-state index contributed by atoms with van der Waals surface area (Å²) in [6.45, 7) is 2.95. The maximum absolute atomic E-state index is 4.68. The van der Waals surface area contributed by atoms with Gasteiger partial charge in [0.1, 0.15) is 11.6 Å². The molecule has 1 atom stereocenters. The molecule has 24 heavy (non-hydrogen) atoms. The zero-order valence-electron chi connectivity index (χ0n) is 13.8. The Kier molecular flexibility index (Phi) is 4.28. The van der Waals surface area contributed by atoms with Gasteiger partial charge in [-0.05, 0) is 30.5 Å². The molecule has 4 nitrogen and oxygen atoms in total. The highest BCUT2D eigenvalue weighted by atomic mass is 15.2. The standard InChI is InChI=1S/C20H22N4/c1-2-7-17(8-3-1)15-24-14-12-22-20(24)18-9-6-13-23(16-18)19-10-4-5-11-21-19/h1-5,7-8,10-12,14,18H,6,9,13,15-16H2/t18-/m0/s1. The molecule has 3 aromatic rings. The maximum Gasteiger partial charge on any atom is 0.128 e. The normalized spacial score (nSPS) is 17.8. The Morgan fingerprint density at radius 2 is 1.83 bits per heavy atom. The Bertz CT molecular complexity index is 767. The number of rotatable bonds is 4. The molecule has 0 aliphatic carbocycles. The van der Waals surface area contributed by atoms with E-state index in [0.29, 0.717) is 5.92 Å². The van der Waals surface area contributed by atoms with Crippen molar-refractivity contribution in [2.45, 2.75) is 25.3 Å². The van der Waals surface area contributed by atoms with Crippen LogP contribution in [0.2, 0.25) is 0 Å². The quantitative estimate of drug-likeness (QED) is 0.735. The average Bonchev–Trinajstić information content (AvgIpc) is 3.12. The Morgan fingerprint density at radius 1 is 0.958 bits per heavy atom. The fourth-order valence-corrected chi connectivity index (χ4v) is 3.53. The highest BCUT2D eigenvalue weighted by Crippen LogP contribution is 2.28. The molecule has 122 valence electrons. The van der Waals surface area contributed by atoms with Crippen molar-refractivity contribution in [2.75, 3.05) is 18.0 Å². The van der Waals surface area contributed by atoms with E-state index >= 15 is 0 Å². The number of imidazole rings is 1. The van der Waals surface area contributed by atoms with E-state index in [1.54, 1.807) is 0 Å². The fraction of sp³-hybridized carbons (Fsp3) is 0.300. The summed E-state index contributed by atoms with van der Waals surface area (Å²) in [6, 6.07) is 16.7. The van der Waals surface area contributed by atoms with E-state index < -0.39 is 0 Å². The van der Waals surface area contributed by atoms with Crippen LogP contribution < -0.4 is 4.90 Å². The highest BCUT2D eigenvalue weighted by Gasteiger charge is 2.25. The first-order chi connectivity index (χ1) is 11.9. The summed E-state index contributed by atoms with van der Waals surface area (Å²) < 4.78 is 2.29. The molecule has 2 aromatic heterocycles. The first kappa shape index (κ1) is 14.9. The van der Waals surface area contributed by atoms with Gasteiger partial charge in [0.15, 0.2) is 0 Å². The summed E-state index contributed by atoms with van der Waals surface area (Å²) in [4.78, 5) is 11.6. The molecule has 0 saturated carbocycles. The van der Waals surface area contributed by atoms with Crippen LogP contribution in [0.1, 0.15) is 30.1 Å². The van der Waals surface area contributed by atoms with Gasteiger partial charge >= 0.3 is 0 Å². The van der Waals surface area contributed by atoms with Crippen molar-refractivity contribution in [1.82, 2.24) is 14.5 Å². The largest absolute Gasteiger partial charge is 0.356 e. The summed E-state index contributed by atoms with van der Waals surface area (Å²) in [5.41, 5.74) is 1.31. The summed E-state index contributed by atoms with van der Waals surface area (Å²) in [6.07, 6.45) is 8.27. The van der Waals surface area contributed by atoms with Crippen molar-refractivity contribution in [2.24, 2.45) is 0 Å². The smallest absolute Gasteiger partial charge is 0.128 e. The minimum Gasteiger partial charge on any atom is -0.356 e. The van der Waals surface area contributed by atoms with Crippen LogP contribution in [0.3, 0.4) is 0 Å². The van der Waals surface area contributed by atoms with Crippen LogP contribution in [0.4, 0.5) is 5.82 Å². The van der Waals surface area contributed by atoms with Crippen LogP contribution >= 0.6 is 0 Å². The van der Waals surface area contributed by atoms with Gasteiger partial charge in [0.25, 0.3) is 0 Å². The second-order valence-corrected chi connectivity index (χ2v) is 6.37. The summed E-state index contributed by atoms with van der Waals surface area (Å²) in [5.74, 6) is 2.72. The van der Waals surface area contributed by atoms with Gasteiger partial charge in [0.2, 0.25) is 0 Å². The van der Waals surface area contributed by atoms with Crippen LogP contribution in [0.25, 0.3) is 0 Å². The van der Waals surface area contributed by atoms with Crippen LogP contribution in [0, 0.1) is 0 Å². The second kappa shape index (κ2) is 6.87. The predicted molar refractivity (Wildman–Crippen MR) is 96.2 cm³/mol. The molecule has 1 aromatic carbocycles. The summed E-state index contributed by atoms with van der Waals surface area (Å²) >= 11 is 0. The third kappa shape index (κ3) is 3.18. The molecule has 0 N–H and O–H groups in total. The molecule has 0 bridgehead atoms. The van der Waals surface area contributed by atoms with Crippen molar-refractivity contribution < 1.29 is 0 Å². The summed E-state index contributed by atoms with van der Waals surface area (Å²) in [7, 11) is 0. The van der Waals surface area contributed by atoms with Crippen LogP contribution in [0.5, 0.6) is 0 Å². The number of aromatic nitrogens is 3. The topological polar surface area (TPSA) is 34.0 Å². The molecular formula is C20H22N4. The van der Waals surface area contributed by atoms with Gasteiger partial charge in [-0.15, -0.1) is 0 Å². The third-order valence-electron chi connectivity index (χ3n) is 4.70. The van der Waals surface area contributed by atoms with Gasteiger partial charge in [0, 0.05) is 44.1 Å². The molecular weight excluding hydrogens is 296 g/mol. The van der Waals surface area contributed by atoms with Crippen LogP contribution in [-0.4, -0.2) is 27.6 Å². The second-order valence-electron chi connectivity index (χ2n) is 6.37. The van der Waals surface area contributed by atoms with Crippen molar-refractivity contribution in [3.8, 4) is 0 Å². The zero-order chi connectivity index (χ0) is 16.2. The lowest BCUT2D eigenvalue weighted by atomic mass is 9.97. The first-order valence-corrected chi connectivity index (χ1v) is 8.61. The van der Waals surface area contributed by atoms with E-state index in [4.69, 9.17) is 0 Å². The first-order valence-electron chi connectivity index (χ1n) is 8.61. The minimum atomic E-state index is 0.458. The van der Waals surface area contributed by atoms with Crippen molar-refractivity contribution >= 4 is 5.82 Å².